The molecular weight excluding hydrogens is 857 g/mol. The van der Waals surface area contributed by atoms with Gasteiger partial charge in [0.05, 0.1) is 64.5 Å². The van der Waals surface area contributed by atoms with Crippen LogP contribution in [0.1, 0.15) is 11.1 Å². The molecular formula is C62H36N8. The molecule has 0 aliphatic rings. The van der Waals surface area contributed by atoms with E-state index in [1.807, 2.05) is 115 Å². The molecule has 324 valence electrons. The zero-order valence-electron chi connectivity index (χ0n) is 37.4. The van der Waals surface area contributed by atoms with Gasteiger partial charge in [-0.3, -0.25) is 0 Å². The summed E-state index contributed by atoms with van der Waals surface area (Å²) in [6.45, 7) is 16.9. The minimum absolute atomic E-state index is 0.388. The van der Waals surface area contributed by atoms with Gasteiger partial charge in [-0.1, -0.05) is 115 Å². The Balaban J connectivity index is 0.923. The number of rotatable bonds is 9. The molecule has 0 aliphatic heterocycles. The highest BCUT2D eigenvalue weighted by Crippen LogP contribution is 2.45. The zero-order chi connectivity index (χ0) is 47.6. The van der Waals surface area contributed by atoms with Crippen LogP contribution in [0, 0.1) is 35.8 Å². The number of benzene rings is 9. The van der Waals surface area contributed by atoms with Gasteiger partial charge < -0.3 is 9.47 Å². The van der Waals surface area contributed by atoms with Crippen LogP contribution < -0.4 is 4.90 Å². The Morgan fingerprint density at radius 1 is 0.400 bits per heavy atom. The molecule has 0 fully saturated rings. The second-order valence-corrected chi connectivity index (χ2v) is 16.6. The fourth-order valence-electron chi connectivity index (χ4n) is 9.08. The molecule has 11 rings (SSSR count). The van der Waals surface area contributed by atoms with Crippen LogP contribution in [-0.4, -0.2) is 14.5 Å². The van der Waals surface area contributed by atoms with E-state index in [0.717, 1.165) is 83.5 Å². The van der Waals surface area contributed by atoms with Gasteiger partial charge in [-0.05, 0) is 125 Å². The molecule has 0 unspecified atom stereocenters. The van der Waals surface area contributed by atoms with Crippen LogP contribution >= 0.6 is 0 Å². The molecule has 2 aromatic heterocycles. The number of hydrogen-bond donors (Lipinski definition) is 0. The molecule has 0 atom stereocenters. The van der Waals surface area contributed by atoms with E-state index in [-0.39, 0.29) is 0 Å². The number of anilines is 3. The Kier molecular flexibility index (Phi) is 10.9. The van der Waals surface area contributed by atoms with Gasteiger partial charge in [0.2, 0.25) is 11.4 Å². The summed E-state index contributed by atoms with van der Waals surface area (Å²) in [7, 11) is 0. The Morgan fingerprint density at radius 3 is 1.36 bits per heavy atom. The van der Waals surface area contributed by atoms with Gasteiger partial charge in [0.1, 0.15) is 0 Å². The monoisotopic (exact) mass is 892 g/mol. The molecule has 8 heteroatoms. The summed E-state index contributed by atoms with van der Waals surface area (Å²) in [5.74, 6) is 0.524. The maximum atomic E-state index is 9.37. The molecule has 0 bridgehead atoms. The molecule has 0 aliphatic carbocycles. The van der Waals surface area contributed by atoms with Crippen LogP contribution in [0.25, 0.3) is 93.3 Å². The predicted octanol–water partition coefficient (Wildman–Crippen LogP) is 16.2. The molecule has 0 spiro atoms. The third kappa shape index (κ3) is 7.83. The first kappa shape index (κ1) is 42.3. The second kappa shape index (κ2) is 18.1. The van der Waals surface area contributed by atoms with E-state index in [2.05, 4.69) is 110 Å². The lowest BCUT2D eigenvalue weighted by molar-refractivity contribution is 1.18. The third-order valence-corrected chi connectivity index (χ3v) is 12.5. The summed E-state index contributed by atoms with van der Waals surface area (Å²) in [4.78, 5) is 20.2. The first-order valence-corrected chi connectivity index (χ1v) is 22.5. The molecule has 0 saturated carbocycles. The number of para-hydroxylation sites is 3. The normalized spacial score (nSPS) is 10.8. The molecule has 70 heavy (non-hydrogen) atoms. The van der Waals surface area contributed by atoms with Gasteiger partial charge in [0, 0.05) is 44.5 Å². The van der Waals surface area contributed by atoms with Crippen LogP contribution in [0.2, 0.25) is 0 Å². The van der Waals surface area contributed by atoms with Crippen molar-refractivity contribution in [1.82, 2.24) is 14.5 Å². The van der Waals surface area contributed by atoms with Crippen LogP contribution in [0.4, 0.5) is 28.4 Å². The summed E-state index contributed by atoms with van der Waals surface area (Å²) in [5, 5.41) is 20.8. The van der Waals surface area contributed by atoms with E-state index in [0.29, 0.717) is 39.7 Å². The van der Waals surface area contributed by atoms with Gasteiger partial charge in [0.25, 0.3) is 0 Å². The Morgan fingerprint density at radius 2 is 0.843 bits per heavy atom. The van der Waals surface area contributed by atoms with Gasteiger partial charge in [0.15, 0.2) is 5.82 Å². The van der Waals surface area contributed by atoms with Crippen LogP contribution in [0.3, 0.4) is 0 Å². The van der Waals surface area contributed by atoms with E-state index in [1.54, 1.807) is 24.3 Å². The van der Waals surface area contributed by atoms with E-state index < -0.39 is 0 Å². The number of fused-ring (bicyclic) bond motifs is 3. The van der Waals surface area contributed by atoms with Gasteiger partial charge in [-0.2, -0.15) is 10.5 Å². The lowest BCUT2D eigenvalue weighted by atomic mass is 9.98. The molecule has 9 aromatic carbocycles. The summed E-state index contributed by atoms with van der Waals surface area (Å²) in [5.41, 5.74) is 15.0. The van der Waals surface area contributed by atoms with E-state index in [9.17, 15) is 10.5 Å². The quantitative estimate of drug-likeness (QED) is 0.135. The lowest BCUT2D eigenvalue weighted by Crippen LogP contribution is -2.09. The molecule has 2 heterocycles. The van der Waals surface area contributed by atoms with Crippen molar-refractivity contribution in [3.8, 4) is 74.0 Å². The Hall–Kier alpha value is -10.4. The predicted molar refractivity (Wildman–Crippen MR) is 280 cm³/mol. The standard InChI is InChI=1S/C62H36N8/c1-65-57-35-49(36-58(66-2)61(57)70-59-16-10-9-15-53(59)54-37-52(33-34-60(54)70)69(50-11-5-3-6-12-50)51-13-7-4-8-14-51)45-27-25-43(26-28-45)44-29-31-47(32-30-44)56-38-55(46-21-17-41(39-63)18-22-46)67-62(68-56)48-23-19-42(40-64)20-24-48/h3-38H. The molecule has 11 aromatic rings. The zero-order valence-corrected chi connectivity index (χ0v) is 37.4. The summed E-state index contributed by atoms with van der Waals surface area (Å²) in [6.07, 6.45) is 0. The van der Waals surface area contributed by atoms with Crippen molar-refractivity contribution in [2.45, 2.75) is 0 Å². The highest BCUT2D eigenvalue weighted by Gasteiger charge is 2.22. The van der Waals surface area contributed by atoms with Crippen molar-refractivity contribution >= 4 is 50.2 Å². The van der Waals surface area contributed by atoms with Crippen LogP contribution in [0.15, 0.2) is 218 Å². The topological polar surface area (TPSA) is 90.2 Å². The first-order chi connectivity index (χ1) is 34.5. The van der Waals surface area contributed by atoms with Crippen molar-refractivity contribution in [1.29, 1.82) is 10.5 Å². The minimum atomic E-state index is 0.388. The number of hydrogen-bond acceptors (Lipinski definition) is 5. The third-order valence-electron chi connectivity index (χ3n) is 12.5. The van der Waals surface area contributed by atoms with E-state index in [4.69, 9.17) is 23.1 Å². The highest BCUT2D eigenvalue weighted by atomic mass is 15.1. The molecule has 0 amide bonds. The smallest absolute Gasteiger partial charge is 0.200 e. The summed E-state index contributed by atoms with van der Waals surface area (Å²) in [6, 6.07) is 76.2. The van der Waals surface area contributed by atoms with E-state index >= 15 is 0 Å². The second-order valence-electron chi connectivity index (χ2n) is 16.6. The molecule has 0 radical (unpaired) electrons. The minimum Gasteiger partial charge on any atom is -0.329 e. The molecule has 8 nitrogen and oxygen atoms in total. The summed E-state index contributed by atoms with van der Waals surface area (Å²) >= 11 is 0. The molecule has 0 N–H and O–H groups in total. The summed E-state index contributed by atoms with van der Waals surface area (Å²) < 4.78 is 2.07. The van der Waals surface area contributed by atoms with Crippen molar-refractivity contribution in [2.75, 3.05) is 4.90 Å². The van der Waals surface area contributed by atoms with Crippen molar-refractivity contribution in [3.05, 3.63) is 252 Å². The average Bonchev–Trinajstić information content (AvgIpc) is 3.76. The fraction of sp³-hybridized carbons (Fsp3) is 0. The van der Waals surface area contributed by atoms with Gasteiger partial charge in [-0.15, -0.1) is 0 Å². The lowest BCUT2D eigenvalue weighted by Gasteiger charge is -2.25. The molecule has 0 saturated heterocycles. The maximum absolute atomic E-state index is 9.37. The largest absolute Gasteiger partial charge is 0.329 e. The van der Waals surface area contributed by atoms with Crippen molar-refractivity contribution in [2.24, 2.45) is 0 Å². The van der Waals surface area contributed by atoms with Crippen molar-refractivity contribution < 1.29 is 0 Å². The highest BCUT2D eigenvalue weighted by molar-refractivity contribution is 6.12. The fourth-order valence-corrected chi connectivity index (χ4v) is 9.08. The SMILES string of the molecule is [C-]#[N+]c1cc(-c2ccc(-c3ccc(-c4cc(-c5ccc(C#N)cc5)nc(-c5ccc(C#N)cc5)n4)cc3)cc2)cc([N+]#[C-])c1-n1c2ccccc2c2cc(N(c3ccccc3)c3ccccc3)ccc21. The number of nitrogens with zero attached hydrogens (tertiary/aromatic N) is 8. The Bertz CT molecular complexity index is 3790. The Labute approximate surface area is 404 Å². The first-order valence-electron chi connectivity index (χ1n) is 22.5. The van der Waals surface area contributed by atoms with Crippen LogP contribution in [0.5, 0.6) is 0 Å². The van der Waals surface area contributed by atoms with Crippen LogP contribution in [-0.2, 0) is 0 Å². The average molecular weight is 893 g/mol. The van der Waals surface area contributed by atoms with Gasteiger partial charge in [-0.25, -0.2) is 19.7 Å². The van der Waals surface area contributed by atoms with Gasteiger partial charge >= 0.3 is 0 Å². The number of nitriles is 2. The van der Waals surface area contributed by atoms with E-state index in [1.165, 1.54) is 0 Å². The maximum Gasteiger partial charge on any atom is 0.200 e. The number of aromatic nitrogens is 3. The van der Waals surface area contributed by atoms with Crippen molar-refractivity contribution in [3.63, 3.8) is 0 Å².